The van der Waals surface area contributed by atoms with E-state index in [0.717, 1.165) is 11.4 Å². The molecule has 156 valence electrons. The molecular weight excluding hydrogens is 389 g/mol. The number of hydrazine groups is 1. The molecule has 2 aromatic carbocycles. The number of halogens is 1. The highest BCUT2D eigenvalue weighted by molar-refractivity contribution is 5.84. The molecule has 0 fully saturated rings. The third-order valence-electron chi connectivity index (χ3n) is 4.28. The molecule has 1 heterocycles. The van der Waals surface area contributed by atoms with Gasteiger partial charge in [0.15, 0.2) is 0 Å². The quantitative estimate of drug-likeness (QED) is 0.495. The number of furan rings is 1. The second-order valence-electron chi connectivity index (χ2n) is 6.42. The Morgan fingerprint density at radius 2 is 1.70 bits per heavy atom. The van der Waals surface area contributed by atoms with E-state index in [2.05, 4.69) is 16.2 Å². The van der Waals surface area contributed by atoms with Gasteiger partial charge in [0, 0.05) is 18.5 Å². The fraction of sp³-hybridized carbons (Fsp3) is 0.182. The van der Waals surface area contributed by atoms with E-state index < -0.39 is 0 Å². The summed E-state index contributed by atoms with van der Waals surface area (Å²) in [7, 11) is 1.58. The zero-order chi connectivity index (χ0) is 21.3. The highest BCUT2D eigenvalue weighted by atomic mass is 19.1. The first-order chi connectivity index (χ1) is 14.5. The fourth-order valence-electron chi connectivity index (χ4n) is 2.69. The van der Waals surface area contributed by atoms with Gasteiger partial charge >= 0.3 is 0 Å². The molecular formula is C22H22FN3O4. The summed E-state index contributed by atoms with van der Waals surface area (Å²) in [6.45, 7) is -0.00318. The second-order valence-corrected chi connectivity index (χ2v) is 6.42. The van der Waals surface area contributed by atoms with Crippen LogP contribution in [-0.4, -0.2) is 25.5 Å². The molecule has 7 nitrogen and oxygen atoms in total. The van der Waals surface area contributed by atoms with Crippen LogP contribution in [0.25, 0.3) is 11.3 Å². The average molecular weight is 411 g/mol. The maximum Gasteiger partial charge on any atom is 0.257 e. The summed E-state index contributed by atoms with van der Waals surface area (Å²) >= 11 is 0. The minimum atomic E-state index is -0.390. The summed E-state index contributed by atoms with van der Waals surface area (Å²) in [6, 6.07) is 16.8. The summed E-state index contributed by atoms with van der Waals surface area (Å²) in [5.41, 5.74) is 5.82. The van der Waals surface area contributed by atoms with E-state index in [0.29, 0.717) is 23.5 Å². The molecule has 0 unspecified atom stereocenters. The van der Waals surface area contributed by atoms with E-state index >= 15 is 0 Å². The maximum atomic E-state index is 13.8. The average Bonchev–Trinajstić information content (AvgIpc) is 3.24. The van der Waals surface area contributed by atoms with E-state index in [4.69, 9.17) is 9.15 Å². The van der Waals surface area contributed by atoms with Crippen LogP contribution in [0.15, 0.2) is 65.1 Å². The van der Waals surface area contributed by atoms with Crippen molar-refractivity contribution in [3.05, 3.63) is 72.2 Å². The lowest BCUT2D eigenvalue weighted by Crippen LogP contribution is -2.44. The van der Waals surface area contributed by atoms with Crippen LogP contribution < -0.4 is 20.9 Å². The summed E-state index contributed by atoms with van der Waals surface area (Å²) < 4.78 is 24.5. The van der Waals surface area contributed by atoms with Crippen molar-refractivity contribution in [2.75, 3.05) is 19.0 Å². The Hall–Kier alpha value is -3.81. The Morgan fingerprint density at radius 3 is 2.43 bits per heavy atom. The topological polar surface area (TPSA) is 92.6 Å². The zero-order valence-corrected chi connectivity index (χ0v) is 16.4. The number of aryl methyl sites for hydroxylation is 1. The normalized spacial score (nSPS) is 10.3. The molecule has 3 rings (SSSR count). The third-order valence-corrected chi connectivity index (χ3v) is 4.28. The number of ether oxygens (including phenoxy) is 1. The van der Waals surface area contributed by atoms with Gasteiger partial charge in [0.2, 0.25) is 5.91 Å². The van der Waals surface area contributed by atoms with Crippen LogP contribution in [-0.2, 0) is 16.0 Å². The van der Waals surface area contributed by atoms with Gasteiger partial charge in [-0.05, 0) is 48.5 Å². The van der Waals surface area contributed by atoms with E-state index in [-0.39, 0.29) is 30.6 Å². The monoisotopic (exact) mass is 411 g/mol. The lowest BCUT2D eigenvalue weighted by Gasteiger charge is -2.09. The molecule has 0 atom stereocenters. The Labute approximate surface area is 173 Å². The molecule has 0 aliphatic heterocycles. The van der Waals surface area contributed by atoms with Crippen molar-refractivity contribution in [2.45, 2.75) is 12.8 Å². The van der Waals surface area contributed by atoms with Gasteiger partial charge in [-0.3, -0.25) is 20.4 Å². The third kappa shape index (κ3) is 5.84. The van der Waals surface area contributed by atoms with Crippen LogP contribution in [0, 0.1) is 5.82 Å². The molecule has 0 radical (unpaired) electrons. The van der Waals surface area contributed by atoms with Gasteiger partial charge in [0.25, 0.3) is 5.91 Å². The maximum absolute atomic E-state index is 13.8. The second kappa shape index (κ2) is 10.1. The number of anilines is 1. The van der Waals surface area contributed by atoms with Crippen molar-refractivity contribution < 1.29 is 23.1 Å². The van der Waals surface area contributed by atoms with Crippen LogP contribution in [0.2, 0.25) is 0 Å². The lowest BCUT2D eigenvalue weighted by atomic mass is 10.1. The Balaban J connectivity index is 1.38. The van der Waals surface area contributed by atoms with Crippen LogP contribution >= 0.6 is 0 Å². The molecule has 0 bridgehead atoms. The van der Waals surface area contributed by atoms with Crippen LogP contribution in [0.1, 0.15) is 12.2 Å². The molecule has 0 aliphatic rings. The first kappa shape index (κ1) is 20.9. The molecule has 0 saturated carbocycles. The number of carbonyl (C=O) groups excluding carboxylic acids is 2. The highest BCUT2D eigenvalue weighted by Gasteiger charge is 2.11. The van der Waals surface area contributed by atoms with Gasteiger partial charge in [-0.25, -0.2) is 4.39 Å². The van der Waals surface area contributed by atoms with Crippen molar-refractivity contribution in [3.8, 4) is 17.1 Å². The smallest absolute Gasteiger partial charge is 0.257 e. The molecule has 0 aliphatic carbocycles. The Morgan fingerprint density at radius 1 is 0.967 bits per heavy atom. The van der Waals surface area contributed by atoms with Crippen molar-refractivity contribution >= 4 is 17.5 Å². The van der Waals surface area contributed by atoms with Gasteiger partial charge in [-0.15, -0.1) is 0 Å². The first-order valence-electron chi connectivity index (χ1n) is 9.34. The number of rotatable bonds is 8. The fourth-order valence-corrected chi connectivity index (χ4v) is 2.69. The predicted molar refractivity (Wildman–Crippen MR) is 110 cm³/mol. The van der Waals surface area contributed by atoms with E-state index in [1.165, 1.54) is 6.07 Å². The number of nitrogens with one attached hydrogen (secondary N) is 3. The lowest BCUT2D eigenvalue weighted by molar-refractivity contribution is -0.128. The Kier molecular flexibility index (Phi) is 7.05. The molecule has 1 aromatic heterocycles. The van der Waals surface area contributed by atoms with Crippen molar-refractivity contribution in [3.63, 3.8) is 0 Å². The summed E-state index contributed by atoms with van der Waals surface area (Å²) in [5.74, 6) is 0.546. The minimum absolute atomic E-state index is 0.00318. The Bertz CT molecular complexity index is 1000. The number of carbonyl (C=O) groups is 2. The van der Waals surface area contributed by atoms with Gasteiger partial charge in [-0.2, -0.15) is 0 Å². The van der Waals surface area contributed by atoms with Gasteiger partial charge < -0.3 is 14.5 Å². The number of hydrogen-bond acceptors (Lipinski definition) is 5. The minimum Gasteiger partial charge on any atom is -0.497 e. The molecule has 8 heteroatoms. The molecule has 2 amide bonds. The van der Waals surface area contributed by atoms with Crippen LogP contribution in [0.5, 0.6) is 5.75 Å². The van der Waals surface area contributed by atoms with E-state index in [1.807, 2.05) is 0 Å². The van der Waals surface area contributed by atoms with Crippen molar-refractivity contribution in [2.24, 2.45) is 0 Å². The van der Waals surface area contributed by atoms with E-state index in [9.17, 15) is 14.0 Å². The van der Waals surface area contributed by atoms with Crippen LogP contribution in [0.3, 0.4) is 0 Å². The van der Waals surface area contributed by atoms with Gasteiger partial charge in [-0.1, -0.05) is 12.1 Å². The highest BCUT2D eigenvalue weighted by Crippen LogP contribution is 2.25. The largest absolute Gasteiger partial charge is 0.497 e. The molecule has 30 heavy (non-hydrogen) atoms. The zero-order valence-electron chi connectivity index (χ0n) is 16.4. The van der Waals surface area contributed by atoms with E-state index in [1.54, 1.807) is 61.7 Å². The number of benzene rings is 2. The van der Waals surface area contributed by atoms with Crippen LogP contribution in [0.4, 0.5) is 10.1 Å². The molecule has 3 N–H and O–H groups in total. The van der Waals surface area contributed by atoms with Gasteiger partial charge in [0.05, 0.1) is 19.2 Å². The summed E-state index contributed by atoms with van der Waals surface area (Å²) in [5, 5.41) is 2.94. The van der Waals surface area contributed by atoms with Crippen molar-refractivity contribution in [1.82, 2.24) is 10.9 Å². The predicted octanol–water partition coefficient (Wildman–Crippen LogP) is 3.29. The van der Waals surface area contributed by atoms with Crippen molar-refractivity contribution in [1.29, 1.82) is 0 Å². The van der Waals surface area contributed by atoms with Gasteiger partial charge in [0.1, 0.15) is 23.1 Å². The molecule has 3 aromatic rings. The number of methoxy groups -OCH3 is 1. The number of amides is 2. The molecule has 0 saturated heterocycles. The standard InChI is InChI=1S/C22H22FN3O4/c1-29-16-8-6-15(7-9-16)24-14-22(28)26-25-21(27)13-11-17-10-12-20(30-17)18-4-2-3-5-19(18)23/h2-10,12,24H,11,13-14H2,1H3,(H,25,27)(H,26,28). The summed E-state index contributed by atoms with van der Waals surface area (Å²) in [4.78, 5) is 23.8. The molecule has 0 spiro atoms. The summed E-state index contributed by atoms with van der Waals surface area (Å²) in [6.07, 6.45) is 0.427. The SMILES string of the molecule is COc1ccc(NCC(=O)NNC(=O)CCc2ccc(-c3ccccc3F)o2)cc1. The number of hydrogen-bond donors (Lipinski definition) is 3. The first-order valence-corrected chi connectivity index (χ1v) is 9.34.